The number of nitrogens with zero attached hydrogens (tertiary/aromatic N) is 2. The molecule has 1 N–H and O–H groups in total. The van der Waals surface area contributed by atoms with Gasteiger partial charge in [0, 0.05) is 16.8 Å². The molecule has 0 saturated carbocycles. The largest absolute Gasteiger partial charge is 0.486 e. The van der Waals surface area contributed by atoms with Gasteiger partial charge in [-0.15, -0.1) is 11.3 Å². The predicted octanol–water partition coefficient (Wildman–Crippen LogP) is 3.81. The van der Waals surface area contributed by atoms with Crippen molar-refractivity contribution >= 4 is 45.0 Å². The van der Waals surface area contributed by atoms with E-state index in [1.54, 1.807) is 0 Å². The number of thiazole rings is 1. The van der Waals surface area contributed by atoms with E-state index in [1.165, 1.54) is 23.1 Å². The summed E-state index contributed by atoms with van der Waals surface area (Å²) in [6.07, 6.45) is 0. The number of hydrogen-bond acceptors (Lipinski definition) is 7. The lowest BCUT2D eigenvalue weighted by molar-refractivity contribution is -0.113. The number of ether oxygens (including phenoxy) is 2. The van der Waals surface area contributed by atoms with Gasteiger partial charge in [-0.3, -0.25) is 4.79 Å². The Labute approximate surface area is 158 Å². The second kappa shape index (κ2) is 7.13. The monoisotopic (exact) mass is 387 g/mol. The third-order valence-corrected chi connectivity index (χ3v) is 5.80. The molecule has 134 valence electrons. The molecule has 0 saturated heterocycles. The fraction of sp³-hybridized carbons (Fsp3) is 0.278. The van der Waals surface area contributed by atoms with Gasteiger partial charge in [0.15, 0.2) is 16.6 Å². The average Bonchev–Trinajstić information content (AvgIpc) is 3.03. The van der Waals surface area contributed by atoms with E-state index in [0.29, 0.717) is 24.1 Å². The van der Waals surface area contributed by atoms with Crippen LogP contribution in [0, 0.1) is 13.8 Å². The van der Waals surface area contributed by atoms with Crippen molar-refractivity contribution in [3.63, 3.8) is 0 Å². The number of hydrogen-bond donors (Lipinski definition) is 1. The van der Waals surface area contributed by atoms with E-state index < -0.39 is 0 Å². The van der Waals surface area contributed by atoms with Crippen LogP contribution in [0.3, 0.4) is 0 Å². The maximum atomic E-state index is 12.1. The number of carbonyl (C=O) groups excluding carboxylic acids is 1. The third-order valence-electron chi connectivity index (χ3n) is 3.83. The first-order chi connectivity index (χ1) is 12.6. The Kier molecular flexibility index (Phi) is 4.69. The number of fused-ring (bicyclic) bond motifs is 2. The zero-order chi connectivity index (χ0) is 18.1. The number of thioether (sulfide) groups is 1. The first-order valence-corrected chi connectivity index (χ1v) is 10.0. The van der Waals surface area contributed by atoms with Crippen LogP contribution in [-0.4, -0.2) is 34.8 Å². The number of aryl methyl sites for hydroxylation is 2. The van der Waals surface area contributed by atoms with E-state index >= 15 is 0 Å². The summed E-state index contributed by atoms with van der Waals surface area (Å²) in [5, 5.41) is 7.18. The number of aromatic nitrogens is 2. The Balaban J connectivity index is 1.50. The molecule has 26 heavy (non-hydrogen) atoms. The molecule has 0 radical (unpaired) electrons. The van der Waals surface area contributed by atoms with Crippen LogP contribution in [-0.2, 0) is 4.79 Å². The normalized spacial score (nSPS) is 13.0. The number of rotatable bonds is 4. The number of nitrogens with one attached hydrogen (secondary N) is 1. The number of benzene rings is 1. The lowest BCUT2D eigenvalue weighted by Crippen LogP contribution is -2.15. The van der Waals surface area contributed by atoms with Crippen molar-refractivity contribution in [1.82, 2.24) is 9.97 Å². The van der Waals surface area contributed by atoms with Crippen LogP contribution in [0.15, 0.2) is 28.6 Å². The number of carbonyl (C=O) groups is 1. The molecule has 3 aromatic rings. The molecule has 2 aromatic heterocycles. The Morgan fingerprint density at radius 1 is 1.19 bits per heavy atom. The van der Waals surface area contributed by atoms with Crippen molar-refractivity contribution in [3.05, 3.63) is 34.8 Å². The molecule has 1 aromatic carbocycles. The molecule has 1 aliphatic heterocycles. The minimum atomic E-state index is -0.0900. The van der Waals surface area contributed by atoms with E-state index in [-0.39, 0.29) is 11.7 Å². The Hall–Kier alpha value is -2.32. The van der Waals surface area contributed by atoms with Crippen LogP contribution in [0.25, 0.3) is 10.9 Å². The standard InChI is InChI=1S/C18H17N3O3S2/c1-10-5-12-6-14-15(24-4-3-23-14)7-13(12)20-17(10)25-9-16(22)21-18-19-11(2)8-26-18/h5-8H,3-4,9H2,1-2H3,(H,19,21,22). The van der Waals surface area contributed by atoms with Gasteiger partial charge in [0.1, 0.15) is 18.2 Å². The fourth-order valence-electron chi connectivity index (χ4n) is 2.65. The number of anilines is 1. The van der Waals surface area contributed by atoms with Crippen molar-refractivity contribution in [1.29, 1.82) is 0 Å². The molecule has 0 aliphatic carbocycles. The van der Waals surface area contributed by atoms with Crippen molar-refractivity contribution in [2.45, 2.75) is 18.9 Å². The van der Waals surface area contributed by atoms with Crippen LogP contribution >= 0.6 is 23.1 Å². The third kappa shape index (κ3) is 3.61. The fourth-order valence-corrected chi connectivity index (χ4v) is 4.14. The van der Waals surface area contributed by atoms with Crippen LogP contribution in [0.1, 0.15) is 11.3 Å². The summed E-state index contributed by atoms with van der Waals surface area (Å²) in [5.74, 6) is 1.66. The van der Waals surface area contributed by atoms with Gasteiger partial charge in [-0.05, 0) is 31.5 Å². The van der Waals surface area contributed by atoms with E-state index in [4.69, 9.17) is 14.5 Å². The second-order valence-electron chi connectivity index (χ2n) is 5.93. The molecule has 8 heteroatoms. The molecule has 3 heterocycles. The summed E-state index contributed by atoms with van der Waals surface area (Å²) in [4.78, 5) is 21.1. The highest BCUT2D eigenvalue weighted by Crippen LogP contribution is 2.35. The van der Waals surface area contributed by atoms with Crippen LogP contribution in [0.4, 0.5) is 5.13 Å². The highest BCUT2D eigenvalue weighted by molar-refractivity contribution is 8.00. The molecule has 1 aliphatic rings. The zero-order valence-corrected chi connectivity index (χ0v) is 16.0. The predicted molar refractivity (Wildman–Crippen MR) is 104 cm³/mol. The van der Waals surface area contributed by atoms with Gasteiger partial charge < -0.3 is 14.8 Å². The summed E-state index contributed by atoms with van der Waals surface area (Å²) in [6, 6.07) is 5.91. The van der Waals surface area contributed by atoms with Crippen molar-refractivity contribution in [2.24, 2.45) is 0 Å². The molecule has 0 bridgehead atoms. The minimum absolute atomic E-state index is 0.0900. The van der Waals surface area contributed by atoms with Crippen LogP contribution in [0.5, 0.6) is 11.5 Å². The summed E-state index contributed by atoms with van der Waals surface area (Å²) in [7, 11) is 0. The first kappa shape index (κ1) is 17.1. The van der Waals surface area contributed by atoms with Gasteiger partial charge >= 0.3 is 0 Å². The molecule has 0 spiro atoms. The van der Waals surface area contributed by atoms with Crippen molar-refractivity contribution in [2.75, 3.05) is 24.3 Å². The second-order valence-corrected chi connectivity index (χ2v) is 7.75. The Morgan fingerprint density at radius 2 is 1.96 bits per heavy atom. The topological polar surface area (TPSA) is 73.3 Å². The molecule has 0 atom stereocenters. The molecule has 0 fully saturated rings. The van der Waals surface area contributed by atoms with Crippen LogP contribution in [0.2, 0.25) is 0 Å². The first-order valence-electron chi connectivity index (χ1n) is 8.14. The van der Waals surface area contributed by atoms with Gasteiger partial charge in [0.25, 0.3) is 0 Å². The van der Waals surface area contributed by atoms with Gasteiger partial charge in [-0.1, -0.05) is 11.8 Å². The maximum Gasteiger partial charge on any atom is 0.236 e. The summed E-state index contributed by atoms with van der Waals surface area (Å²) >= 11 is 2.84. The maximum absolute atomic E-state index is 12.1. The average molecular weight is 387 g/mol. The molecule has 1 amide bonds. The molecular formula is C18H17N3O3S2. The van der Waals surface area contributed by atoms with E-state index in [2.05, 4.69) is 16.4 Å². The van der Waals surface area contributed by atoms with Gasteiger partial charge in [-0.2, -0.15) is 0 Å². The Morgan fingerprint density at radius 3 is 2.69 bits per heavy atom. The highest BCUT2D eigenvalue weighted by Gasteiger charge is 2.15. The van der Waals surface area contributed by atoms with E-state index in [0.717, 1.165) is 32.9 Å². The SMILES string of the molecule is Cc1csc(NC(=O)CSc2nc3cc4c(cc3cc2C)OCCO4)n1. The smallest absolute Gasteiger partial charge is 0.236 e. The van der Waals surface area contributed by atoms with E-state index in [9.17, 15) is 4.79 Å². The molecular weight excluding hydrogens is 370 g/mol. The highest BCUT2D eigenvalue weighted by atomic mass is 32.2. The van der Waals surface area contributed by atoms with Crippen LogP contribution < -0.4 is 14.8 Å². The van der Waals surface area contributed by atoms with Gasteiger partial charge in [0.2, 0.25) is 5.91 Å². The molecule has 0 unspecified atom stereocenters. The van der Waals surface area contributed by atoms with Gasteiger partial charge in [-0.25, -0.2) is 9.97 Å². The summed E-state index contributed by atoms with van der Waals surface area (Å²) in [5.41, 5.74) is 2.76. The van der Waals surface area contributed by atoms with Crippen molar-refractivity contribution < 1.29 is 14.3 Å². The number of amides is 1. The zero-order valence-electron chi connectivity index (χ0n) is 14.4. The molecule has 4 rings (SSSR count). The van der Waals surface area contributed by atoms with Gasteiger partial charge in [0.05, 0.1) is 17.0 Å². The van der Waals surface area contributed by atoms with E-state index in [1.807, 2.05) is 31.4 Å². The van der Waals surface area contributed by atoms with Crippen molar-refractivity contribution in [3.8, 4) is 11.5 Å². The Bertz CT molecular complexity index is 987. The quantitative estimate of drug-likeness (QED) is 0.686. The summed E-state index contributed by atoms with van der Waals surface area (Å²) < 4.78 is 11.2. The summed E-state index contributed by atoms with van der Waals surface area (Å²) in [6.45, 7) is 5.00. The number of pyridine rings is 1. The lowest BCUT2D eigenvalue weighted by Gasteiger charge is -2.19. The molecule has 6 nitrogen and oxygen atoms in total. The minimum Gasteiger partial charge on any atom is -0.486 e. The lowest BCUT2D eigenvalue weighted by atomic mass is 10.1.